The molecule has 0 saturated carbocycles. The van der Waals surface area contributed by atoms with Crippen molar-refractivity contribution >= 4 is 0 Å². The molecule has 100 valence electrons. The number of ether oxygens (including phenoxy) is 1. The summed E-state index contributed by atoms with van der Waals surface area (Å²) in [6.45, 7) is 10.8. The van der Waals surface area contributed by atoms with E-state index in [1.165, 1.54) is 12.8 Å². The standard InChI is InChI=1S/C15H29NO/c1-13(2)11-16-9-6-10-17-12-15-8-5-4-7-14(15)3/h4-5,13-16H,6-12H2,1-3H3. The highest BCUT2D eigenvalue weighted by Crippen LogP contribution is 2.24. The predicted molar refractivity (Wildman–Crippen MR) is 74.2 cm³/mol. The topological polar surface area (TPSA) is 21.3 Å². The smallest absolute Gasteiger partial charge is 0.0499 e. The first-order valence-corrected chi connectivity index (χ1v) is 7.13. The number of nitrogens with one attached hydrogen (secondary N) is 1. The Balaban J connectivity index is 1.92. The van der Waals surface area contributed by atoms with Crippen LogP contribution in [0.4, 0.5) is 0 Å². The van der Waals surface area contributed by atoms with Gasteiger partial charge in [0.05, 0.1) is 0 Å². The molecule has 1 N–H and O–H groups in total. The minimum absolute atomic E-state index is 0.739. The van der Waals surface area contributed by atoms with E-state index in [-0.39, 0.29) is 0 Å². The fraction of sp³-hybridized carbons (Fsp3) is 0.867. The maximum atomic E-state index is 5.78. The van der Waals surface area contributed by atoms with Gasteiger partial charge in [0.2, 0.25) is 0 Å². The number of rotatable bonds is 8. The highest BCUT2D eigenvalue weighted by molar-refractivity contribution is 4.93. The minimum Gasteiger partial charge on any atom is -0.381 e. The van der Waals surface area contributed by atoms with E-state index < -0.39 is 0 Å². The zero-order valence-corrected chi connectivity index (χ0v) is 11.7. The summed E-state index contributed by atoms with van der Waals surface area (Å²) in [5.41, 5.74) is 0. The van der Waals surface area contributed by atoms with E-state index in [0.29, 0.717) is 0 Å². The van der Waals surface area contributed by atoms with Crippen LogP contribution in [-0.2, 0) is 4.74 Å². The van der Waals surface area contributed by atoms with E-state index >= 15 is 0 Å². The normalized spacial score (nSPS) is 24.5. The van der Waals surface area contributed by atoms with Gasteiger partial charge in [-0.15, -0.1) is 0 Å². The predicted octanol–water partition coefficient (Wildman–Crippen LogP) is 3.24. The van der Waals surface area contributed by atoms with Gasteiger partial charge in [-0.3, -0.25) is 0 Å². The van der Waals surface area contributed by atoms with Gasteiger partial charge in [-0.2, -0.15) is 0 Å². The molecule has 17 heavy (non-hydrogen) atoms. The lowest BCUT2D eigenvalue weighted by Crippen LogP contribution is -2.23. The summed E-state index contributed by atoms with van der Waals surface area (Å²) < 4.78 is 5.78. The molecule has 0 heterocycles. The Morgan fingerprint density at radius 2 is 2.06 bits per heavy atom. The number of hydrogen-bond donors (Lipinski definition) is 1. The summed E-state index contributed by atoms with van der Waals surface area (Å²) in [7, 11) is 0. The Labute approximate surface area is 107 Å². The van der Waals surface area contributed by atoms with E-state index in [0.717, 1.165) is 50.5 Å². The third-order valence-electron chi connectivity index (χ3n) is 3.44. The van der Waals surface area contributed by atoms with Crippen LogP contribution in [0.2, 0.25) is 0 Å². The van der Waals surface area contributed by atoms with Crippen molar-refractivity contribution in [3.63, 3.8) is 0 Å². The molecule has 0 amide bonds. The number of hydrogen-bond acceptors (Lipinski definition) is 2. The molecular weight excluding hydrogens is 210 g/mol. The third kappa shape index (κ3) is 6.85. The van der Waals surface area contributed by atoms with Crippen molar-refractivity contribution in [2.45, 2.75) is 40.0 Å². The first kappa shape index (κ1) is 14.7. The van der Waals surface area contributed by atoms with Crippen molar-refractivity contribution < 1.29 is 4.74 Å². The van der Waals surface area contributed by atoms with Gasteiger partial charge in [-0.1, -0.05) is 32.9 Å². The average molecular weight is 239 g/mol. The molecule has 0 saturated heterocycles. The lowest BCUT2D eigenvalue weighted by molar-refractivity contribution is 0.0776. The molecule has 1 aliphatic rings. The second kappa shape index (κ2) is 8.71. The molecular formula is C15H29NO. The molecule has 0 aliphatic heterocycles. The molecule has 0 bridgehead atoms. The Bertz CT molecular complexity index is 213. The third-order valence-corrected chi connectivity index (χ3v) is 3.44. The fourth-order valence-electron chi connectivity index (χ4n) is 2.16. The largest absolute Gasteiger partial charge is 0.381 e. The van der Waals surface area contributed by atoms with Gasteiger partial charge in [0, 0.05) is 13.2 Å². The molecule has 0 spiro atoms. The second-order valence-electron chi connectivity index (χ2n) is 5.71. The Morgan fingerprint density at radius 1 is 1.29 bits per heavy atom. The molecule has 2 nitrogen and oxygen atoms in total. The number of allylic oxidation sites excluding steroid dienone is 2. The maximum absolute atomic E-state index is 5.78. The molecule has 2 atom stereocenters. The van der Waals surface area contributed by atoms with Gasteiger partial charge >= 0.3 is 0 Å². The van der Waals surface area contributed by atoms with Crippen LogP contribution in [0.15, 0.2) is 12.2 Å². The first-order chi connectivity index (χ1) is 8.20. The second-order valence-corrected chi connectivity index (χ2v) is 5.71. The van der Waals surface area contributed by atoms with Crippen LogP contribution in [0.5, 0.6) is 0 Å². The molecule has 1 rings (SSSR count). The van der Waals surface area contributed by atoms with Crippen LogP contribution in [-0.4, -0.2) is 26.3 Å². The monoisotopic (exact) mass is 239 g/mol. The van der Waals surface area contributed by atoms with Crippen molar-refractivity contribution in [1.82, 2.24) is 5.32 Å². The lowest BCUT2D eigenvalue weighted by atomic mass is 9.85. The molecule has 0 radical (unpaired) electrons. The van der Waals surface area contributed by atoms with Gasteiger partial charge in [0.1, 0.15) is 0 Å². The zero-order valence-electron chi connectivity index (χ0n) is 11.7. The molecule has 2 heteroatoms. The molecule has 0 aromatic rings. The van der Waals surface area contributed by atoms with Crippen LogP contribution < -0.4 is 5.32 Å². The van der Waals surface area contributed by atoms with Gasteiger partial charge in [0.25, 0.3) is 0 Å². The summed E-state index contributed by atoms with van der Waals surface area (Å²) in [5, 5.41) is 3.44. The van der Waals surface area contributed by atoms with Crippen molar-refractivity contribution in [3.8, 4) is 0 Å². The minimum atomic E-state index is 0.739. The van der Waals surface area contributed by atoms with Crippen molar-refractivity contribution in [1.29, 1.82) is 0 Å². The zero-order chi connectivity index (χ0) is 12.5. The highest BCUT2D eigenvalue weighted by Gasteiger charge is 2.17. The van der Waals surface area contributed by atoms with Crippen LogP contribution in [0.25, 0.3) is 0 Å². The van der Waals surface area contributed by atoms with Gasteiger partial charge in [0.15, 0.2) is 0 Å². The van der Waals surface area contributed by atoms with Crippen LogP contribution in [0, 0.1) is 17.8 Å². The lowest BCUT2D eigenvalue weighted by Gasteiger charge is -2.24. The maximum Gasteiger partial charge on any atom is 0.0499 e. The van der Waals surface area contributed by atoms with Crippen LogP contribution >= 0.6 is 0 Å². The summed E-state index contributed by atoms with van der Waals surface area (Å²) in [6, 6.07) is 0. The Kier molecular flexibility index (Phi) is 7.54. The van der Waals surface area contributed by atoms with E-state index in [1.54, 1.807) is 0 Å². The first-order valence-electron chi connectivity index (χ1n) is 7.13. The van der Waals surface area contributed by atoms with Gasteiger partial charge < -0.3 is 10.1 Å². The molecule has 2 unspecified atom stereocenters. The van der Waals surface area contributed by atoms with Gasteiger partial charge in [-0.05, 0) is 50.1 Å². The van der Waals surface area contributed by atoms with E-state index in [4.69, 9.17) is 4.74 Å². The van der Waals surface area contributed by atoms with Crippen molar-refractivity contribution in [2.24, 2.45) is 17.8 Å². The molecule has 0 aromatic carbocycles. The summed E-state index contributed by atoms with van der Waals surface area (Å²) in [6.07, 6.45) is 8.16. The fourth-order valence-corrected chi connectivity index (χ4v) is 2.16. The average Bonchev–Trinajstić information content (AvgIpc) is 2.30. The van der Waals surface area contributed by atoms with Crippen molar-refractivity contribution in [2.75, 3.05) is 26.3 Å². The molecule has 1 aliphatic carbocycles. The molecule has 0 fully saturated rings. The van der Waals surface area contributed by atoms with Gasteiger partial charge in [-0.25, -0.2) is 0 Å². The Morgan fingerprint density at radius 3 is 2.76 bits per heavy atom. The van der Waals surface area contributed by atoms with Crippen molar-refractivity contribution in [3.05, 3.63) is 12.2 Å². The van der Waals surface area contributed by atoms with Crippen LogP contribution in [0.1, 0.15) is 40.0 Å². The summed E-state index contributed by atoms with van der Waals surface area (Å²) >= 11 is 0. The van der Waals surface area contributed by atoms with Crippen LogP contribution in [0.3, 0.4) is 0 Å². The van der Waals surface area contributed by atoms with E-state index in [1.807, 2.05) is 0 Å². The van der Waals surface area contributed by atoms with E-state index in [9.17, 15) is 0 Å². The van der Waals surface area contributed by atoms with E-state index in [2.05, 4.69) is 38.2 Å². The molecule has 0 aromatic heterocycles. The Hall–Kier alpha value is -0.340. The quantitative estimate of drug-likeness (QED) is 0.518. The summed E-state index contributed by atoms with van der Waals surface area (Å²) in [4.78, 5) is 0. The SMILES string of the molecule is CC(C)CNCCCOCC1CC=CCC1C. The highest BCUT2D eigenvalue weighted by atomic mass is 16.5. The summed E-state index contributed by atoms with van der Waals surface area (Å²) in [5.74, 6) is 2.27.